The fraction of sp³-hybridized carbons (Fsp3) is 0.579. The van der Waals surface area contributed by atoms with Gasteiger partial charge in [-0.1, -0.05) is 31.9 Å². The minimum Gasteiger partial charge on any atom is -0.421 e. The molecule has 1 aliphatic rings. The molecule has 0 bridgehead atoms. The Kier molecular flexibility index (Phi) is 5.03. The number of hydrogen-bond acceptors (Lipinski definition) is 5. The van der Waals surface area contributed by atoms with Gasteiger partial charge in [0.1, 0.15) is 5.82 Å². The maximum Gasteiger partial charge on any atom is 0.364 e. The molecule has 1 aromatic carbocycles. The van der Waals surface area contributed by atoms with Gasteiger partial charge in [0.25, 0.3) is 5.56 Å². The van der Waals surface area contributed by atoms with Crippen LogP contribution in [0.2, 0.25) is 0 Å². The van der Waals surface area contributed by atoms with Crippen molar-refractivity contribution in [2.24, 2.45) is 17.1 Å². The molecule has 0 radical (unpaired) electrons. The van der Waals surface area contributed by atoms with Crippen molar-refractivity contribution in [3.63, 3.8) is 0 Å². The first-order valence-electron chi connectivity index (χ1n) is 9.34. The lowest BCUT2D eigenvalue weighted by Crippen LogP contribution is -2.40. The number of halogens is 1. The van der Waals surface area contributed by atoms with Crippen molar-refractivity contribution < 1.29 is 9.60 Å². The summed E-state index contributed by atoms with van der Waals surface area (Å²) < 4.78 is 16.2. The average Bonchev–Trinajstić information content (AvgIpc) is 3.05. The molecule has 1 fully saturated rings. The predicted octanol–water partition coefficient (Wildman–Crippen LogP) is 1.76. The third-order valence-electron chi connectivity index (χ3n) is 5.77. The van der Waals surface area contributed by atoms with E-state index in [2.05, 4.69) is 6.92 Å². The van der Waals surface area contributed by atoms with Crippen LogP contribution in [-0.2, 0) is 6.54 Å². The molecule has 0 aliphatic carbocycles. The van der Waals surface area contributed by atoms with Crippen LogP contribution in [0.4, 0.5) is 10.1 Å². The van der Waals surface area contributed by atoms with Crippen LogP contribution < -0.4 is 21.9 Å². The van der Waals surface area contributed by atoms with Gasteiger partial charge < -0.3 is 15.8 Å². The number of nitrogens with two attached hydrogens (primary N) is 1. The van der Waals surface area contributed by atoms with E-state index < -0.39 is 17.1 Å². The number of benzene rings is 1. The number of aromatic nitrogens is 2. The molecule has 1 saturated heterocycles. The molecule has 2 atom stereocenters. The SMILES string of the molecule is CCC(C)Cn1c(=O)n(O)c(=O)c2cc(F)c(N3CCC(C)(CN)C3)cc21. The summed E-state index contributed by atoms with van der Waals surface area (Å²) in [7, 11) is 0. The van der Waals surface area contributed by atoms with Gasteiger partial charge in [0, 0.05) is 19.6 Å². The first-order chi connectivity index (χ1) is 12.7. The van der Waals surface area contributed by atoms with Crippen LogP contribution in [0.1, 0.15) is 33.6 Å². The second kappa shape index (κ2) is 6.99. The molecule has 27 heavy (non-hydrogen) atoms. The zero-order valence-electron chi connectivity index (χ0n) is 16.0. The first-order valence-corrected chi connectivity index (χ1v) is 9.34. The summed E-state index contributed by atoms with van der Waals surface area (Å²) in [6.45, 7) is 8.14. The van der Waals surface area contributed by atoms with Crippen LogP contribution in [0.15, 0.2) is 21.7 Å². The van der Waals surface area contributed by atoms with Gasteiger partial charge >= 0.3 is 5.69 Å². The molecule has 0 spiro atoms. The van der Waals surface area contributed by atoms with Gasteiger partial charge in [-0.2, -0.15) is 0 Å². The summed E-state index contributed by atoms with van der Waals surface area (Å²) in [6.07, 6.45) is 1.67. The van der Waals surface area contributed by atoms with Crippen LogP contribution >= 0.6 is 0 Å². The number of anilines is 1. The van der Waals surface area contributed by atoms with E-state index >= 15 is 0 Å². The summed E-state index contributed by atoms with van der Waals surface area (Å²) in [5.41, 5.74) is 4.74. The molecule has 1 aromatic heterocycles. The van der Waals surface area contributed by atoms with Crippen molar-refractivity contribution in [2.45, 2.75) is 40.2 Å². The monoisotopic (exact) mass is 378 g/mol. The van der Waals surface area contributed by atoms with Crippen LogP contribution in [0.5, 0.6) is 0 Å². The summed E-state index contributed by atoms with van der Waals surface area (Å²) in [4.78, 5) is 26.7. The van der Waals surface area contributed by atoms with Gasteiger partial charge in [0.2, 0.25) is 0 Å². The highest BCUT2D eigenvalue weighted by Gasteiger charge is 2.34. The van der Waals surface area contributed by atoms with Crippen molar-refractivity contribution >= 4 is 16.6 Å². The van der Waals surface area contributed by atoms with E-state index in [4.69, 9.17) is 5.73 Å². The van der Waals surface area contributed by atoms with Crippen molar-refractivity contribution in [3.8, 4) is 0 Å². The largest absolute Gasteiger partial charge is 0.421 e. The van der Waals surface area contributed by atoms with Crippen LogP contribution in [0.25, 0.3) is 10.9 Å². The predicted molar refractivity (Wildman–Crippen MR) is 103 cm³/mol. The molecule has 0 amide bonds. The molecule has 2 heterocycles. The van der Waals surface area contributed by atoms with E-state index in [0.29, 0.717) is 37.4 Å². The lowest BCUT2D eigenvalue weighted by Gasteiger charge is -2.25. The quantitative estimate of drug-likeness (QED) is 0.774. The van der Waals surface area contributed by atoms with Crippen LogP contribution in [0.3, 0.4) is 0 Å². The van der Waals surface area contributed by atoms with E-state index in [-0.39, 0.29) is 21.4 Å². The Balaban J connectivity index is 2.20. The van der Waals surface area contributed by atoms with Gasteiger partial charge in [-0.05, 0) is 36.4 Å². The minimum atomic E-state index is -0.908. The van der Waals surface area contributed by atoms with Gasteiger partial charge in [0.15, 0.2) is 0 Å². The van der Waals surface area contributed by atoms with Gasteiger partial charge in [-0.3, -0.25) is 9.36 Å². The Morgan fingerprint density at radius 3 is 2.67 bits per heavy atom. The Labute approximate surface area is 156 Å². The molecule has 8 heteroatoms. The standard InChI is InChI=1S/C19H27FN4O3/c1-4-12(2)9-23-15-8-16(22-6-5-19(3,10-21)11-22)14(20)7-13(15)17(25)24(27)18(23)26/h7-8,12,27H,4-6,9-11,21H2,1-3H3. The number of rotatable bonds is 5. The fourth-order valence-electron chi connectivity index (χ4n) is 3.62. The smallest absolute Gasteiger partial charge is 0.364 e. The van der Waals surface area contributed by atoms with E-state index in [9.17, 15) is 19.2 Å². The molecule has 1 aliphatic heterocycles. The maximum absolute atomic E-state index is 14.8. The molecule has 3 N–H and O–H groups in total. The molecule has 0 saturated carbocycles. The zero-order chi connectivity index (χ0) is 19.9. The first kappa shape index (κ1) is 19.4. The highest BCUT2D eigenvalue weighted by atomic mass is 19.1. The fourth-order valence-corrected chi connectivity index (χ4v) is 3.62. The molecule has 7 nitrogen and oxygen atoms in total. The summed E-state index contributed by atoms with van der Waals surface area (Å²) >= 11 is 0. The second-order valence-corrected chi connectivity index (χ2v) is 8.03. The van der Waals surface area contributed by atoms with Crippen molar-refractivity contribution in [3.05, 3.63) is 38.8 Å². The molecular formula is C19H27FN4O3. The zero-order valence-corrected chi connectivity index (χ0v) is 16.0. The van der Waals surface area contributed by atoms with Crippen molar-refractivity contribution in [1.29, 1.82) is 0 Å². The number of fused-ring (bicyclic) bond motifs is 1. The van der Waals surface area contributed by atoms with Crippen molar-refractivity contribution in [2.75, 3.05) is 24.5 Å². The van der Waals surface area contributed by atoms with Crippen LogP contribution in [0, 0.1) is 17.2 Å². The van der Waals surface area contributed by atoms with Crippen molar-refractivity contribution in [1.82, 2.24) is 9.30 Å². The van der Waals surface area contributed by atoms with Gasteiger partial charge in [-0.25, -0.2) is 9.18 Å². The Bertz CT molecular complexity index is 984. The Morgan fingerprint density at radius 1 is 1.37 bits per heavy atom. The molecule has 3 rings (SSSR count). The summed E-state index contributed by atoms with van der Waals surface area (Å²) in [5, 5.41) is 9.86. The minimum absolute atomic E-state index is 0.0116. The number of nitrogens with zero attached hydrogens (tertiary/aromatic N) is 3. The van der Waals surface area contributed by atoms with E-state index in [1.54, 1.807) is 6.07 Å². The Morgan fingerprint density at radius 2 is 2.07 bits per heavy atom. The second-order valence-electron chi connectivity index (χ2n) is 8.03. The summed E-state index contributed by atoms with van der Waals surface area (Å²) in [5.74, 6) is -0.390. The molecule has 2 aromatic rings. The van der Waals surface area contributed by atoms with Crippen LogP contribution in [-0.4, -0.2) is 34.1 Å². The van der Waals surface area contributed by atoms with E-state index in [1.807, 2.05) is 18.7 Å². The third kappa shape index (κ3) is 3.34. The normalized spacial score (nSPS) is 21.1. The molecular weight excluding hydrogens is 351 g/mol. The van der Waals surface area contributed by atoms with Gasteiger partial charge in [-0.15, -0.1) is 0 Å². The highest BCUT2D eigenvalue weighted by Crippen LogP contribution is 2.34. The lowest BCUT2D eigenvalue weighted by molar-refractivity contribution is 0.156. The summed E-state index contributed by atoms with van der Waals surface area (Å²) in [6, 6.07) is 2.67. The van der Waals surface area contributed by atoms with E-state index in [1.165, 1.54) is 4.57 Å². The third-order valence-corrected chi connectivity index (χ3v) is 5.77. The average molecular weight is 378 g/mol. The molecule has 2 unspecified atom stereocenters. The molecule has 148 valence electrons. The topological polar surface area (TPSA) is 93.5 Å². The highest BCUT2D eigenvalue weighted by molar-refractivity contribution is 5.82. The number of hydrogen-bond donors (Lipinski definition) is 2. The Hall–Kier alpha value is -2.35. The lowest BCUT2D eigenvalue weighted by atomic mass is 9.90. The van der Waals surface area contributed by atoms with Gasteiger partial charge in [0.05, 0.1) is 16.6 Å². The van der Waals surface area contributed by atoms with E-state index in [0.717, 1.165) is 18.9 Å². The maximum atomic E-state index is 14.8.